The fourth-order valence-electron chi connectivity index (χ4n) is 2.12. The maximum absolute atomic E-state index is 5.64. The summed E-state index contributed by atoms with van der Waals surface area (Å²) in [5.41, 5.74) is 0. The maximum atomic E-state index is 5.64. The van der Waals surface area contributed by atoms with E-state index in [9.17, 15) is 0 Å². The van der Waals surface area contributed by atoms with Gasteiger partial charge in [-0.1, -0.05) is 0 Å². The molecule has 1 saturated heterocycles. The second-order valence-corrected chi connectivity index (χ2v) is 4.15. The first-order chi connectivity index (χ1) is 8.33. The van der Waals surface area contributed by atoms with Gasteiger partial charge < -0.3 is 15.0 Å². The van der Waals surface area contributed by atoms with E-state index in [4.69, 9.17) is 4.74 Å². The highest BCUT2D eigenvalue weighted by Gasteiger charge is 2.20. The van der Waals surface area contributed by atoms with Crippen molar-refractivity contribution in [3.63, 3.8) is 0 Å². The zero-order chi connectivity index (χ0) is 12.1. The molecule has 0 bridgehead atoms. The average molecular weight is 236 g/mol. The summed E-state index contributed by atoms with van der Waals surface area (Å²) >= 11 is 0. The van der Waals surface area contributed by atoms with Gasteiger partial charge in [0.2, 0.25) is 0 Å². The van der Waals surface area contributed by atoms with E-state index in [0.717, 1.165) is 44.2 Å². The minimum Gasteiger partial charge on any atom is -0.378 e. The van der Waals surface area contributed by atoms with E-state index in [2.05, 4.69) is 20.2 Å². The molecule has 17 heavy (non-hydrogen) atoms. The molecule has 0 atom stereocenters. The van der Waals surface area contributed by atoms with Crippen LogP contribution in [0.4, 0.5) is 11.6 Å². The van der Waals surface area contributed by atoms with Crippen LogP contribution in [0, 0.1) is 0 Å². The molecule has 0 saturated carbocycles. The van der Waals surface area contributed by atoms with E-state index in [-0.39, 0.29) is 0 Å². The van der Waals surface area contributed by atoms with Crippen molar-refractivity contribution in [3.8, 4) is 0 Å². The van der Waals surface area contributed by atoms with Gasteiger partial charge in [-0.05, 0) is 19.8 Å². The first kappa shape index (κ1) is 12.1. The first-order valence-corrected chi connectivity index (χ1v) is 6.20. The van der Waals surface area contributed by atoms with Crippen LogP contribution >= 0.6 is 0 Å². The third-order valence-electron chi connectivity index (χ3n) is 3.05. The summed E-state index contributed by atoms with van der Waals surface area (Å²) in [6.07, 6.45) is 6.10. The lowest BCUT2D eigenvalue weighted by molar-refractivity contribution is 0.0458. The molecule has 0 spiro atoms. The second-order valence-electron chi connectivity index (χ2n) is 4.15. The van der Waals surface area contributed by atoms with Crippen LogP contribution in [0.25, 0.3) is 0 Å². The minimum atomic E-state index is 0.414. The van der Waals surface area contributed by atoms with E-state index in [0.29, 0.717) is 6.10 Å². The van der Waals surface area contributed by atoms with Gasteiger partial charge in [0.05, 0.1) is 18.5 Å². The Labute approximate surface area is 102 Å². The third-order valence-corrected chi connectivity index (χ3v) is 3.05. The SMILES string of the molecule is CCOC1CCN(c2cncc(NC)n2)CC1. The molecule has 1 fully saturated rings. The molecule has 1 aliphatic rings. The molecule has 0 amide bonds. The monoisotopic (exact) mass is 236 g/mol. The van der Waals surface area contributed by atoms with Crippen LogP contribution in [0.5, 0.6) is 0 Å². The Kier molecular flexibility index (Phi) is 4.14. The predicted molar refractivity (Wildman–Crippen MR) is 68.4 cm³/mol. The molecule has 1 aromatic rings. The van der Waals surface area contributed by atoms with E-state index >= 15 is 0 Å². The Morgan fingerprint density at radius 1 is 1.41 bits per heavy atom. The number of ether oxygens (including phenoxy) is 1. The van der Waals surface area contributed by atoms with Gasteiger partial charge in [0.1, 0.15) is 11.6 Å². The standard InChI is InChI=1S/C12H20N4O/c1-3-17-10-4-6-16(7-5-10)12-9-14-8-11(13-2)15-12/h8-10H,3-7H2,1-2H3,(H,13,15). The molecular weight excluding hydrogens is 216 g/mol. The highest BCUT2D eigenvalue weighted by molar-refractivity contribution is 5.43. The molecular formula is C12H20N4O. The Hall–Kier alpha value is -1.36. The van der Waals surface area contributed by atoms with Gasteiger partial charge in [0, 0.05) is 26.7 Å². The van der Waals surface area contributed by atoms with Crippen molar-refractivity contribution in [2.75, 3.05) is 37.0 Å². The van der Waals surface area contributed by atoms with Crippen LogP contribution in [-0.2, 0) is 4.74 Å². The quantitative estimate of drug-likeness (QED) is 0.859. The van der Waals surface area contributed by atoms with Crippen LogP contribution in [0.2, 0.25) is 0 Å². The van der Waals surface area contributed by atoms with Crippen molar-refractivity contribution in [3.05, 3.63) is 12.4 Å². The molecule has 1 aromatic heterocycles. The van der Waals surface area contributed by atoms with Crippen molar-refractivity contribution < 1.29 is 4.74 Å². The van der Waals surface area contributed by atoms with Crippen molar-refractivity contribution in [2.24, 2.45) is 0 Å². The first-order valence-electron chi connectivity index (χ1n) is 6.20. The normalized spacial score (nSPS) is 17.2. The molecule has 94 valence electrons. The molecule has 0 radical (unpaired) electrons. The smallest absolute Gasteiger partial charge is 0.149 e. The number of piperidine rings is 1. The molecule has 1 N–H and O–H groups in total. The summed E-state index contributed by atoms with van der Waals surface area (Å²) in [5.74, 6) is 1.77. The highest BCUT2D eigenvalue weighted by atomic mass is 16.5. The van der Waals surface area contributed by atoms with Gasteiger partial charge in [0.25, 0.3) is 0 Å². The van der Waals surface area contributed by atoms with Crippen LogP contribution in [0.15, 0.2) is 12.4 Å². The largest absolute Gasteiger partial charge is 0.378 e. The lowest BCUT2D eigenvalue weighted by Gasteiger charge is -2.32. The molecule has 2 rings (SSSR count). The molecule has 2 heterocycles. The molecule has 5 nitrogen and oxygen atoms in total. The van der Waals surface area contributed by atoms with Crippen LogP contribution in [0.3, 0.4) is 0 Å². The fraction of sp³-hybridized carbons (Fsp3) is 0.667. The van der Waals surface area contributed by atoms with E-state index in [1.807, 2.05) is 20.2 Å². The Bertz CT molecular complexity index is 350. The van der Waals surface area contributed by atoms with Gasteiger partial charge in [-0.3, -0.25) is 4.98 Å². The van der Waals surface area contributed by atoms with Crippen LogP contribution in [0.1, 0.15) is 19.8 Å². The summed E-state index contributed by atoms with van der Waals surface area (Å²) in [6, 6.07) is 0. The summed E-state index contributed by atoms with van der Waals surface area (Å²) in [5, 5.41) is 3.01. The molecule has 0 aromatic carbocycles. The van der Waals surface area contributed by atoms with Gasteiger partial charge >= 0.3 is 0 Å². The maximum Gasteiger partial charge on any atom is 0.149 e. The third kappa shape index (κ3) is 3.06. The summed E-state index contributed by atoms with van der Waals surface area (Å²) < 4.78 is 5.64. The Morgan fingerprint density at radius 2 is 2.18 bits per heavy atom. The summed E-state index contributed by atoms with van der Waals surface area (Å²) in [6.45, 7) is 4.84. The van der Waals surface area contributed by atoms with Crippen molar-refractivity contribution in [2.45, 2.75) is 25.9 Å². The zero-order valence-electron chi connectivity index (χ0n) is 10.5. The molecule has 1 aliphatic heterocycles. The highest BCUT2D eigenvalue weighted by Crippen LogP contribution is 2.19. The Balaban J connectivity index is 1.95. The predicted octanol–water partition coefficient (Wildman–Crippen LogP) is 1.52. The van der Waals surface area contributed by atoms with Gasteiger partial charge in [-0.25, -0.2) is 4.98 Å². The van der Waals surface area contributed by atoms with E-state index in [1.165, 1.54) is 0 Å². The van der Waals surface area contributed by atoms with E-state index < -0.39 is 0 Å². The fourth-order valence-corrected chi connectivity index (χ4v) is 2.12. The van der Waals surface area contributed by atoms with Crippen LogP contribution < -0.4 is 10.2 Å². The number of hydrogen-bond acceptors (Lipinski definition) is 5. The number of rotatable bonds is 4. The molecule has 5 heteroatoms. The van der Waals surface area contributed by atoms with Crippen LogP contribution in [-0.4, -0.2) is 42.8 Å². The van der Waals surface area contributed by atoms with Gasteiger partial charge in [-0.2, -0.15) is 0 Å². The number of nitrogens with zero attached hydrogens (tertiary/aromatic N) is 3. The number of hydrogen-bond donors (Lipinski definition) is 1. The van der Waals surface area contributed by atoms with Crippen molar-refractivity contribution >= 4 is 11.6 Å². The Morgan fingerprint density at radius 3 is 2.82 bits per heavy atom. The lowest BCUT2D eigenvalue weighted by atomic mass is 10.1. The number of anilines is 2. The molecule has 0 aliphatic carbocycles. The van der Waals surface area contributed by atoms with E-state index in [1.54, 1.807) is 6.20 Å². The van der Waals surface area contributed by atoms with Gasteiger partial charge in [0.15, 0.2) is 0 Å². The van der Waals surface area contributed by atoms with Crippen molar-refractivity contribution in [1.29, 1.82) is 0 Å². The minimum absolute atomic E-state index is 0.414. The van der Waals surface area contributed by atoms with Gasteiger partial charge in [-0.15, -0.1) is 0 Å². The summed E-state index contributed by atoms with van der Waals surface area (Å²) in [7, 11) is 1.86. The second kappa shape index (κ2) is 5.82. The zero-order valence-corrected chi connectivity index (χ0v) is 10.5. The summed E-state index contributed by atoms with van der Waals surface area (Å²) in [4.78, 5) is 11.0. The molecule has 0 unspecified atom stereocenters. The topological polar surface area (TPSA) is 50.3 Å². The lowest BCUT2D eigenvalue weighted by Crippen LogP contribution is -2.37. The number of aromatic nitrogens is 2. The average Bonchev–Trinajstić information content (AvgIpc) is 2.40. The number of nitrogens with one attached hydrogen (secondary N) is 1. The van der Waals surface area contributed by atoms with Crippen molar-refractivity contribution in [1.82, 2.24) is 9.97 Å².